The number of anilines is 1. The Morgan fingerprint density at radius 3 is 2.84 bits per heavy atom. The number of nitrogens with one attached hydrogen (secondary N) is 1. The van der Waals surface area contributed by atoms with Gasteiger partial charge in [0.15, 0.2) is 0 Å². The topological polar surface area (TPSA) is 49.4 Å². The van der Waals surface area contributed by atoms with Crippen molar-refractivity contribution in [1.82, 2.24) is 5.32 Å². The first-order valence-electron chi connectivity index (χ1n) is 6.93. The predicted octanol–water partition coefficient (Wildman–Crippen LogP) is 1.88. The van der Waals surface area contributed by atoms with Crippen molar-refractivity contribution in [3.8, 4) is 0 Å². The van der Waals surface area contributed by atoms with Gasteiger partial charge in [-0.2, -0.15) is 0 Å². The molecule has 1 aromatic carbocycles. The molecule has 1 aliphatic carbocycles. The van der Waals surface area contributed by atoms with Gasteiger partial charge in [-0.15, -0.1) is 0 Å². The van der Waals surface area contributed by atoms with Crippen LogP contribution >= 0.6 is 0 Å². The largest absolute Gasteiger partial charge is 0.349 e. The van der Waals surface area contributed by atoms with Gasteiger partial charge in [0.2, 0.25) is 5.91 Å². The lowest BCUT2D eigenvalue weighted by atomic mass is 10.1. The zero-order valence-corrected chi connectivity index (χ0v) is 11.1. The van der Waals surface area contributed by atoms with Gasteiger partial charge in [-0.3, -0.25) is 9.59 Å². The summed E-state index contributed by atoms with van der Waals surface area (Å²) in [6.45, 7) is 2.60. The SMILES string of the molecule is CCC(=O)N1CCc2cc(C(=O)NC3CC3)ccc21. The highest BCUT2D eigenvalue weighted by Crippen LogP contribution is 2.29. The van der Waals surface area contributed by atoms with Gasteiger partial charge in [-0.25, -0.2) is 0 Å². The molecule has 1 saturated carbocycles. The maximum absolute atomic E-state index is 12.0. The highest BCUT2D eigenvalue weighted by Gasteiger charge is 2.26. The zero-order valence-electron chi connectivity index (χ0n) is 11.1. The number of benzene rings is 1. The molecule has 0 unspecified atom stereocenters. The summed E-state index contributed by atoms with van der Waals surface area (Å²) >= 11 is 0. The molecule has 2 amide bonds. The molecule has 1 aromatic rings. The van der Waals surface area contributed by atoms with E-state index in [1.54, 1.807) is 0 Å². The standard InChI is InChI=1S/C15H18N2O2/c1-2-14(18)17-8-7-10-9-11(3-6-13(10)17)15(19)16-12-4-5-12/h3,6,9,12H,2,4-5,7-8H2,1H3,(H,16,19). The van der Waals surface area contributed by atoms with Crippen LogP contribution in [0.3, 0.4) is 0 Å². The summed E-state index contributed by atoms with van der Waals surface area (Å²) in [5.41, 5.74) is 2.77. The molecule has 100 valence electrons. The van der Waals surface area contributed by atoms with E-state index >= 15 is 0 Å². The highest BCUT2D eigenvalue weighted by molar-refractivity contribution is 5.98. The van der Waals surface area contributed by atoms with E-state index in [4.69, 9.17) is 0 Å². The summed E-state index contributed by atoms with van der Waals surface area (Å²) in [4.78, 5) is 25.6. The van der Waals surface area contributed by atoms with Crippen LogP contribution in [0.15, 0.2) is 18.2 Å². The lowest BCUT2D eigenvalue weighted by Gasteiger charge is -2.16. The number of hydrogen-bond donors (Lipinski definition) is 1. The molecule has 0 saturated heterocycles. The summed E-state index contributed by atoms with van der Waals surface area (Å²) in [7, 11) is 0. The molecule has 0 spiro atoms. The van der Waals surface area contributed by atoms with Crippen LogP contribution < -0.4 is 10.2 Å². The Kier molecular flexibility index (Phi) is 3.01. The third kappa shape index (κ3) is 2.35. The monoisotopic (exact) mass is 258 g/mol. The first kappa shape index (κ1) is 12.2. The molecule has 4 heteroatoms. The van der Waals surface area contributed by atoms with Crippen LogP contribution in [0.5, 0.6) is 0 Å². The van der Waals surface area contributed by atoms with Crippen LogP contribution in [0.4, 0.5) is 5.69 Å². The molecule has 0 bridgehead atoms. The Hall–Kier alpha value is -1.84. The number of carbonyl (C=O) groups excluding carboxylic acids is 2. The minimum atomic E-state index is 0.00516. The normalized spacial score (nSPS) is 17.2. The molecular formula is C15H18N2O2. The average Bonchev–Trinajstić information content (AvgIpc) is 3.14. The first-order chi connectivity index (χ1) is 9.19. The van der Waals surface area contributed by atoms with Crippen LogP contribution in [0.2, 0.25) is 0 Å². The van der Waals surface area contributed by atoms with Crippen molar-refractivity contribution in [3.63, 3.8) is 0 Å². The van der Waals surface area contributed by atoms with Crippen molar-refractivity contribution >= 4 is 17.5 Å². The molecule has 0 radical (unpaired) electrons. The first-order valence-corrected chi connectivity index (χ1v) is 6.93. The van der Waals surface area contributed by atoms with Crippen molar-refractivity contribution in [3.05, 3.63) is 29.3 Å². The van der Waals surface area contributed by atoms with E-state index in [-0.39, 0.29) is 11.8 Å². The van der Waals surface area contributed by atoms with E-state index in [2.05, 4.69) is 5.32 Å². The Labute approximate surface area is 112 Å². The number of hydrogen-bond acceptors (Lipinski definition) is 2. The second kappa shape index (κ2) is 4.68. The summed E-state index contributed by atoms with van der Waals surface area (Å²) in [5, 5.41) is 2.99. The average molecular weight is 258 g/mol. The second-order valence-corrected chi connectivity index (χ2v) is 5.24. The van der Waals surface area contributed by atoms with Gasteiger partial charge >= 0.3 is 0 Å². The van der Waals surface area contributed by atoms with Crippen molar-refractivity contribution < 1.29 is 9.59 Å². The Morgan fingerprint density at radius 1 is 1.37 bits per heavy atom. The third-order valence-electron chi connectivity index (χ3n) is 3.75. The number of nitrogens with zero attached hydrogens (tertiary/aromatic N) is 1. The van der Waals surface area contributed by atoms with E-state index in [0.29, 0.717) is 18.0 Å². The molecule has 1 heterocycles. The summed E-state index contributed by atoms with van der Waals surface area (Å²) in [6, 6.07) is 6.02. The van der Waals surface area contributed by atoms with Crippen molar-refractivity contribution in [1.29, 1.82) is 0 Å². The smallest absolute Gasteiger partial charge is 0.251 e. The Morgan fingerprint density at radius 2 is 2.16 bits per heavy atom. The number of carbonyl (C=O) groups is 2. The van der Waals surface area contributed by atoms with Gasteiger partial charge in [0.25, 0.3) is 5.91 Å². The quantitative estimate of drug-likeness (QED) is 0.900. The molecule has 0 aromatic heterocycles. The maximum Gasteiger partial charge on any atom is 0.251 e. The maximum atomic E-state index is 12.0. The van der Waals surface area contributed by atoms with E-state index in [9.17, 15) is 9.59 Å². The second-order valence-electron chi connectivity index (χ2n) is 5.24. The van der Waals surface area contributed by atoms with Crippen LogP contribution in [0, 0.1) is 0 Å². The van der Waals surface area contributed by atoms with Crippen LogP contribution in [0.1, 0.15) is 42.1 Å². The fraction of sp³-hybridized carbons (Fsp3) is 0.467. The lowest BCUT2D eigenvalue weighted by molar-refractivity contribution is -0.118. The zero-order chi connectivity index (χ0) is 13.4. The Balaban J connectivity index is 1.81. The molecule has 19 heavy (non-hydrogen) atoms. The minimum Gasteiger partial charge on any atom is -0.349 e. The lowest BCUT2D eigenvalue weighted by Crippen LogP contribution is -2.28. The van der Waals surface area contributed by atoms with Crippen molar-refractivity contribution in [2.24, 2.45) is 0 Å². The van der Waals surface area contributed by atoms with E-state index in [1.807, 2.05) is 30.0 Å². The molecule has 2 aliphatic rings. The van der Waals surface area contributed by atoms with Crippen molar-refractivity contribution in [2.45, 2.75) is 38.6 Å². The van der Waals surface area contributed by atoms with E-state index in [1.165, 1.54) is 0 Å². The van der Waals surface area contributed by atoms with Gasteiger partial charge in [0.1, 0.15) is 0 Å². The molecule has 1 N–H and O–H groups in total. The van der Waals surface area contributed by atoms with Gasteiger partial charge in [0.05, 0.1) is 0 Å². The Bertz CT molecular complexity index is 535. The summed E-state index contributed by atoms with van der Waals surface area (Å²) < 4.78 is 0. The van der Waals surface area contributed by atoms with Crippen LogP contribution in [0.25, 0.3) is 0 Å². The molecule has 1 aliphatic heterocycles. The van der Waals surface area contributed by atoms with Crippen molar-refractivity contribution in [2.75, 3.05) is 11.4 Å². The van der Waals surface area contributed by atoms with Gasteiger partial charge in [-0.1, -0.05) is 6.92 Å². The van der Waals surface area contributed by atoms with E-state index in [0.717, 1.165) is 37.1 Å². The molecule has 1 fully saturated rings. The fourth-order valence-electron chi connectivity index (χ4n) is 2.49. The number of fused-ring (bicyclic) bond motifs is 1. The molecular weight excluding hydrogens is 240 g/mol. The fourth-order valence-corrected chi connectivity index (χ4v) is 2.49. The van der Waals surface area contributed by atoms with Crippen LogP contribution in [-0.2, 0) is 11.2 Å². The van der Waals surface area contributed by atoms with Gasteiger partial charge < -0.3 is 10.2 Å². The van der Waals surface area contributed by atoms with Gasteiger partial charge in [-0.05, 0) is 43.0 Å². The minimum absolute atomic E-state index is 0.00516. The third-order valence-corrected chi connectivity index (χ3v) is 3.75. The molecule has 4 nitrogen and oxygen atoms in total. The van der Waals surface area contributed by atoms with Gasteiger partial charge in [0, 0.05) is 30.3 Å². The predicted molar refractivity (Wildman–Crippen MR) is 73.3 cm³/mol. The molecule has 3 rings (SSSR count). The molecule has 0 atom stereocenters. The summed E-state index contributed by atoms with van der Waals surface area (Å²) in [6.07, 6.45) is 3.54. The number of amides is 2. The van der Waals surface area contributed by atoms with E-state index < -0.39 is 0 Å². The van der Waals surface area contributed by atoms with Crippen LogP contribution in [-0.4, -0.2) is 24.4 Å². The summed E-state index contributed by atoms with van der Waals surface area (Å²) in [5.74, 6) is 0.152. The highest BCUT2D eigenvalue weighted by atomic mass is 16.2. The number of rotatable bonds is 3.